The Kier molecular flexibility index (Phi) is 3.82. The zero-order valence-electron chi connectivity index (χ0n) is 11.1. The first-order chi connectivity index (χ1) is 8.43. The Hall–Kier alpha value is -0.810. The molecule has 1 aliphatic carbocycles. The Balaban J connectivity index is 2.43. The Morgan fingerprint density at radius 2 is 2.22 bits per heavy atom. The lowest BCUT2D eigenvalue weighted by molar-refractivity contribution is -0.140. The van der Waals surface area contributed by atoms with Crippen molar-refractivity contribution in [3.63, 3.8) is 0 Å². The van der Waals surface area contributed by atoms with E-state index in [-0.39, 0.29) is 11.4 Å². The van der Waals surface area contributed by atoms with Gasteiger partial charge in [-0.25, -0.2) is 4.79 Å². The van der Waals surface area contributed by atoms with Crippen LogP contribution in [0.15, 0.2) is 14.7 Å². The minimum absolute atomic E-state index is 0.169. The molecule has 2 rings (SSSR count). The molecular formula is C13H17NO2S2. The van der Waals surface area contributed by atoms with Gasteiger partial charge in [-0.2, -0.15) is 0 Å². The van der Waals surface area contributed by atoms with E-state index in [2.05, 4.69) is 30.6 Å². The molecule has 1 aliphatic rings. The Morgan fingerprint density at radius 3 is 2.83 bits per heavy atom. The van der Waals surface area contributed by atoms with E-state index in [1.54, 1.807) is 23.1 Å². The predicted molar refractivity (Wildman–Crippen MR) is 76.5 cm³/mol. The third kappa shape index (κ3) is 2.78. The normalized spacial score (nSPS) is 19.7. The number of carbonyl (C=O) groups excluding carboxylic acids is 1. The van der Waals surface area contributed by atoms with Gasteiger partial charge in [-0.3, -0.25) is 0 Å². The number of fused-ring (bicyclic) bond motifs is 1. The second-order valence-electron chi connectivity index (χ2n) is 5.27. The van der Waals surface area contributed by atoms with Crippen molar-refractivity contribution in [1.29, 1.82) is 0 Å². The Labute approximate surface area is 116 Å². The molecule has 0 aromatic carbocycles. The second kappa shape index (κ2) is 5.05. The summed E-state index contributed by atoms with van der Waals surface area (Å²) < 4.78 is 1.26. The molecule has 98 valence electrons. The van der Waals surface area contributed by atoms with E-state index < -0.39 is 0 Å². The maximum Gasteiger partial charge on any atom is 0.331 e. The van der Waals surface area contributed by atoms with E-state index >= 15 is 0 Å². The largest absolute Gasteiger partial charge is 0.331 e. The van der Waals surface area contributed by atoms with Gasteiger partial charge in [0.25, 0.3) is 0 Å². The van der Waals surface area contributed by atoms with Crippen molar-refractivity contribution in [2.24, 2.45) is 10.6 Å². The lowest BCUT2D eigenvalue weighted by Gasteiger charge is -2.30. The quantitative estimate of drug-likeness (QED) is 0.472. The molecule has 0 fully saturated rings. The van der Waals surface area contributed by atoms with E-state index in [9.17, 15) is 4.79 Å². The molecule has 0 saturated heterocycles. The topological polar surface area (TPSA) is 38.7 Å². The first kappa shape index (κ1) is 13.6. The van der Waals surface area contributed by atoms with Gasteiger partial charge in [-0.05, 0) is 35.5 Å². The first-order valence-corrected chi connectivity index (χ1v) is 7.92. The lowest BCUT2D eigenvalue weighted by Crippen LogP contribution is -2.27. The number of hydrogen-bond acceptors (Lipinski definition) is 5. The van der Waals surface area contributed by atoms with Crippen LogP contribution in [-0.2, 0) is 16.1 Å². The molecule has 1 aromatic rings. The summed E-state index contributed by atoms with van der Waals surface area (Å²) in [5, 5.41) is 6.26. The zero-order valence-corrected chi connectivity index (χ0v) is 12.7. The number of nitrogens with zero attached hydrogens (tertiary/aromatic N) is 1. The third-order valence-corrected chi connectivity index (χ3v) is 5.09. The fourth-order valence-electron chi connectivity index (χ4n) is 2.27. The highest BCUT2D eigenvalue weighted by molar-refractivity contribution is 8.00. The molecule has 0 amide bonds. The minimum Gasteiger partial charge on any atom is -0.318 e. The van der Waals surface area contributed by atoms with E-state index in [1.807, 2.05) is 0 Å². The van der Waals surface area contributed by atoms with Crippen LogP contribution in [0, 0.1) is 5.41 Å². The van der Waals surface area contributed by atoms with Crippen molar-refractivity contribution < 1.29 is 9.63 Å². The summed E-state index contributed by atoms with van der Waals surface area (Å²) in [5.41, 5.74) is 3.59. The summed E-state index contributed by atoms with van der Waals surface area (Å²) in [6, 6.07) is 0. The molecule has 0 N–H and O–H groups in total. The Morgan fingerprint density at radius 1 is 1.50 bits per heavy atom. The van der Waals surface area contributed by atoms with Gasteiger partial charge in [-0.15, -0.1) is 23.1 Å². The maximum atomic E-state index is 10.9. The number of carbonyl (C=O) groups is 1. The van der Waals surface area contributed by atoms with Gasteiger partial charge >= 0.3 is 5.97 Å². The van der Waals surface area contributed by atoms with Crippen LogP contribution >= 0.6 is 23.1 Å². The molecule has 18 heavy (non-hydrogen) atoms. The van der Waals surface area contributed by atoms with Gasteiger partial charge in [0, 0.05) is 12.5 Å². The number of oxime groups is 1. The van der Waals surface area contributed by atoms with Gasteiger partial charge in [0.15, 0.2) is 0 Å². The van der Waals surface area contributed by atoms with E-state index in [0.29, 0.717) is 0 Å². The Bertz CT molecular complexity index is 503. The van der Waals surface area contributed by atoms with E-state index in [0.717, 1.165) is 18.6 Å². The zero-order chi connectivity index (χ0) is 13.3. The molecule has 0 aliphatic heterocycles. The summed E-state index contributed by atoms with van der Waals surface area (Å²) in [6.07, 6.45) is 3.96. The smallest absolute Gasteiger partial charge is 0.318 e. The van der Waals surface area contributed by atoms with Crippen LogP contribution in [0.25, 0.3) is 0 Å². The van der Waals surface area contributed by atoms with Gasteiger partial charge in [0.2, 0.25) is 0 Å². The molecule has 0 saturated carbocycles. The van der Waals surface area contributed by atoms with Crippen molar-refractivity contribution in [1.82, 2.24) is 0 Å². The molecule has 0 spiro atoms. The van der Waals surface area contributed by atoms with Crippen LogP contribution in [0.2, 0.25) is 0 Å². The summed E-state index contributed by atoms with van der Waals surface area (Å²) in [4.78, 5) is 15.8. The van der Waals surface area contributed by atoms with Crippen LogP contribution in [0.4, 0.5) is 0 Å². The van der Waals surface area contributed by atoms with Gasteiger partial charge in [0.05, 0.1) is 9.92 Å². The summed E-state index contributed by atoms with van der Waals surface area (Å²) in [7, 11) is 0. The van der Waals surface area contributed by atoms with Crippen molar-refractivity contribution >= 4 is 34.8 Å². The lowest BCUT2D eigenvalue weighted by atomic mass is 9.75. The predicted octanol–water partition coefficient (Wildman–Crippen LogP) is 3.71. The molecule has 5 heteroatoms. The van der Waals surface area contributed by atoms with Gasteiger partial charge in [-0.1, -0.05) is 19.0 Å². The van der Waals surface area contributed by atoms with Crippen LogP contribution in [0.5, 0.6) is 0 Å². The second-order valence-corrected chi connectivity index (χ2v) is 7.22. The summed E-state index contributed by atoms with van der Waals surface area (Å²) >= 11 is 3.47. The number of hydrogen-bond donors (Lipinski definition) is 0. The van der Waals surface area contributed by atoms with Crippen molar-refractivity contribution in [3.05, 3.63) is 16.5 Å². The van der Waals surface area contributed by atoms with E-state index in [1.165, 1.54) is 22.3 Å². The summed E-state index contributed by atoms with van der Waals surface area (Å²) in [5.74, 6) is -0.367. The highest BCUT2D eigenvalue weighted by atomic mass is 32.2. The number of thiophene rings is 1. The fourth-order valence-corrected chi connectivity index (χ4v) is 4.07. The molecular weight excluding hydrogens is 266 g/mol. The minimum atomic E-state index is -0.367. The molecule has 0 bridgehead atoms. The molecule has 0 atom stereocenters. The average molecular weight is 283 g/mol. The highest BCUT2D eigenvalue weighted by Gasteiger charge is 2.32. The number of thioether (sulfide) groups is 1. The molecule has 1 heterocycles. The standard InChI is InChI=1S/C13H17NO2S2/c1-8(15)16-14-10-6-13(2,3)5-9-7-18-12(17-4)11(9)10/h7H,5-6H2,1-4H3. The molecule has 0 unspecified atom stereocenters. The van der Waals surface area contributed by atoms with Crippen molar-refractivity contribution in [2.75, 3.05) is 6.26 Å². The maximum absolute atomic E-state index is 10.9. The SMILES string of the molecule is CSc1scc2c1C(=NOC(C)=O)CC(C)(C)C2. The third-order valence-electron chi connectivity index (χ3n) is 2.91. The summed E-state index contributed by atoms with van der Waals surface area (Å²) in [6.45, 7) is 5.81. The monoisotopic (exact) mass is 283 g/mol. The van der Waals surface area contributed by atoms with Gasteiger partial charge < -0.3 is 4.84 Å². The van der Waals surface area contributed by atoms with Crippen LogP contribution in [-0.4, -0.2) is 17.9 Å². The molecule has 3 nitrogen and oxygen atoms in total. The molecule has 1 aromatic heterocycles. The highest BCUT2D eigenvalue weighted by Crippen LogP contribution is 2.42. The van der Waals surface area contributed by atoms with Crippen molar-refractivity contribution in [2.45, 2.75) is 37.8 Å². The van der Waals surface area contributed by atoms with Crippen LogP contribution in [0.3, 0.4) is 0 Å². The van der Waals surface area contributed by atoms with Crippen LogP contribution in [0.1, 0.15) is 38.3 Å². The number of rotatable bonds is 2. The first-order valence-electron chi connectivity index (χ1n) is 5.82. The van der Waals surface area contributed by atoms with Crippen molar-refractivity contribution in [3.8, 4) is 0 Å². The average Bonchev–Trinajstić information content (AvgIpc) is 2.66. The van der Waals surface area contributed by atoms with E-state index in [4.69, 9.17) is 4.84 Å². The van der Waals surface area contributed by atoms with Crippen LogP contribution < -0.4 is 0 Å². The molecule has 0 radical (unpaired) electrons. The fraction of sp³-hybridized carbons (Fsp3) is 0.538. The van der Waals surface area contributed by atoms with Gasteiger partial charge in [0.1, 0.15) is 0 Å².